The number of ether oxygens (including phenoxy) is 2. The maximum Gasteiger partial charge on any atom is 0.344 e. The van der Waals surface area contributed by atoms with Gasteiger partial charge in [0.1, 0.15) is 6.29 Å². The van der Waals surface area contributed by atoms with E-state index in [1.54, 1.807) is 6.92 Å². The Morgan fingerprint density at radius 3 is 2.81 bits per heavy atom. The predicted molar refractivity (Wildman–Crippen MR) is 53.9 cm³/mol. The van der Waals surface area contributed by atoms with Crippen LogP contribution in [-0.4, -0.2) is 25.5 Å². The molecule has 0 saturated carbocycles. The summed E-state index contributed by atoms with van der Waals surface area (Å²) in [4.78, 5) is 21.3. The van der Waals surface area contributed by atoms with E-state index < -0.39 is 11.8 Å². The highest BCUT2D eigenvalue weighted by atomic mass is 19.1. The second kappa shape index (κ2) is 5.85. The van der Waals surface area contributed by atoms with Crippen molar-refractivity contribution in [1.29, 1.82) is 0 Å². The molecule has 0 aliphatic carbocycles. The number of benzene rings is 1. The molecule has 0 bridgehead atoms. The minimum absolute atomic E-state index is 0.0846. The fourth-order valence-corrected chi connectivity index (χ4v) is 1.05. The van der Waals surface area contributed by atoms with E-state index in [9.17, 15) is 14.0 Å². The zero-order valence-corrected chi connectivity index (χ0v) is 8.73. The van der Waals surface area contributed by atoms with Gasteiger partial charge in [-0.05, 0) is 25.1 Å². The number of hydrogen-bond acceptors (Lipinski definition) is 4. The largest absolute Gasteiger partial charge is 0.479 e. The summed E-state index contributed by atoms with van der Waals surface area (Å²) in [6.07, 6.45) is 0.526. The molecule has 0 saturated heterocycles. The standard InChI is InChI=1S/C11H11FO4/c1-2-15-11(14)7-16-10-4-3-8(6-13)5-9(10)12/h3-6H,2,7H2,1H3. The first kappa shape index (κ1) is 12.2. The van der Waals surface area contributed by atoms with Crippen LogP contribution < -0.4 is 4.74 Å². The molecule has 0 unspecified atom stereocenters. The van der Waals surface area contributed by atoms with E-state index in [-0.39, 0.29) is 24.5 Å². The number of carbonyl (C=O) groups is 2. The van der Waals surface area contributed by atoms with E-state index >= 15 is 0 Å². The molecule has 0 spiro atoms. The third-order valence-corrected chi connectivity index (χ3v) is 1.74. The molecule has 1 rings (SSSR count). The summed E-state index contributed by atoms with van der Waals surface area (Å²) in [5, 5.41) is 0. The lowest BCUT2D eigenvalue weighted by Gasteiger charge is -2.06. The Kier molecular flexibility index (Phi) is 4.44. The van der Waals surface area contributed by atoms with Crippen molar-refractivity contribution in [2.24, 2.45) is 0 Å². The molecule has 1 aromatic carbocycles. The first-order valence-corrected chi connectivity index (χ1v) is 4.70. The van der Waals surface area contributed by atoms with Crippen LogP contribution in [0, 0.1) is 5.82 Å². The second-order valence-electron chi connectivity index (χ2n) is 2.90. The maximum absolute atomic E-state index is 13.2. The summed E-state index contributed by atoms with van der Waals surface area (Å²) in [5.74, 6) is -1.34. The molecule has 0 N–H and O–H groups in total. The SMILES string of the molecule is CCOC(=O)COc1ccc(C=O)cc1F. The molecule has 0 amide bonds. The normalized spacial score (nSPS) is 9.62. The Balaban J connectivity index is 2.60. The summed E-state index contributed by atoms with van der Waals surface area (Å²) in [5.41, 5.74) is 0.209. The van der Waals surface area contributed by atoms with Crippen molar-refractivity contribution in [1.82, 2.24) is 0 Å². The van der Waals surface area contributed by atoms with Gasteiger partial charge in [0.25, 0.3) is 0 Å². The van der Waals surface area contributed by atoms with Crippen molar-refractivity contribution in [3.63, 3.8) is 0 Å². The molecule has 16 heavy (non-hydrogen) atoms. The van der Waals surface area contributed by atoms with Crippen molar-refractivity contribution in [3.05, 3.63) is 29.6 Å². The molecule has 1 aromatic rings. The summed E-state index contributed by atoms with van der Waals surface area (Å²) >= 11 is 0. The predicted octanol–water partition coefficient (Wildman–Crippen LogP) is 1.58. The van der Waals surface area contributed by atoms with Crippen LogP contribution in [0.4, 0.5) is 4.39 Å². The van der Waals surface area contributed by atoms with Gasteiger partial charge in [0.2, 0.25) is 0 Å². The van der Waals surface area contributed by atoms with Gasteiger partial charge in [-0.3, -0.25) is 4.79 Å². The summed E-state index contributed by atoms with van der Waals surface area (Å²) in [6, 6.07) is 3.72. The van der Waals surface area contributed by atoms with Crippen molar-refractivity contribution < 1.29 is 23.5 Å². The van der Waals surface area contributed by atoms with Gasteiger partial charge in [-0.1, -0.05) is 0 Å². The third kappa shape index (κ3) is 3.34. The zero-order chi connectivity index (χ0) is 12.0. The van der Waals surface area contributed by atoms with Crippen molar-refractivity contribution in [3.8, 4) is 5.75 Å². The van der Waals surface area contributed by atoms with Crippen LogP contribution in [-0.2, 0) is 9.53 Å². The highest BCUT2D eigenvalue weighted by Crippen LogP contribution is 2.17. The summed E-state index contributed by atoms with van der Waals surface area (Å²) < 4.78 is 22.7. The fraction of sp³-hybridized carbons (Fsp3) is 0.273. The van der Waals surface area contributed by atoms with Crippen molar-refractivity contribution in [2.45, 2.75) is 6.92 Å². The van der Waals surface area contributed by atoms with Gasteiger partial charge in [-0.15, -0.1) is 0 Å². The second-order valence-corrected chi connectivity index (χ2v) is 2.90. The molecule has 4 nitrogen and oxygen atoms in total. The number of esters is 1. The van der Waals surface area contributed by atoms with Crippen molar-refractivity contribution in [2.75, 3.05) is 13.2 Å². The number of aldehydes is 1. The molecule has 0 radical (unpaired) electrons. The lowest BCUT2D eigenvalue weighted by Crippen LogP contribution is -2.15. The number of hydrogen-bond donors (Lipinski definition) is 0. The minimum Gasteiger partial charge on any atom is -0.479 e. The molecule has 0 aliphatic rings. The number of rotatable bonds is 5. The van der Waals surface area contributed by atoms with Crippen LogP contribution >= 0.6 is 0 Å². The van der Waals surface area contributed by atoms with E-state index in [0.29, 0.717) is 6.29 Å². The maximum atomic E-state index is 13.2. The molecular weight excluding hydrogens is 215 g/mol. The van der Waals surface area contributed by atoms with E-state index in [2.05, 4.69) is 4.74 Å². The molecule has 0 atom stereocenters. The van der Waals surface area contributed by atoms with E-state index in [1.165, 1.54) is 12.1 Å². The average molecular weight is 226 g/mol. The van der Waals surface area contributed by atoms with Gasteiger partial charge in [-0.25, -0.2) is 9.18 Å². The van der Waals surface area contributed by atoms with Crippen LogP contribution in [0.1, 0.15) is 17.3 Å². The summed E-state index contributed by atoms with van der Waals surface area (Å²) in [6.45, 7) is 1.55. The molecule has 86 valence electrons. The fourth-order valence-electron chi connectivity index (χ4n) is 1.05. The Hall–Kier alpha value is -1.91. The Bertz CT molecular complexity index is 390. The lowest BCUT2D eigenvalue weighted by molar-refractivity contribution is -0.145. The lowest BCUT2D eigenvalue weighted by atomic mass is 10.2. The van der Waals surface area contributed by atoms with Crippen LogP contribution in [0.3, 0.4) is 0 Å². The van der Waals surface area contributed by atoms with Gasteiger partial charge in [0, 0.05) is 5.56 Å². The third-order valence-electron chi connectivity index (χ3n) is 1.74. The van der Waals surface area contributed by atoms with Crippen molar-refractivity contribution >= 4 is 12.3 Å². The molecule has 0 heterocycles. The van der Waals surface area contributed by atoms with E-state index in [4.69, 9.17) is 4.74 Å². The number of carbonyl (C=O) groups excluding carboxylic acids is 2. The van der Waals surface area contributed by atoms with E-state index in [1.807, 2.05) is 0 Å². The monoisotopic (exact) mass is 226 g/mol. The summed E-state index contributed by atoms with van der Waals surface area (Å²) in [7, 11) is 0. The zero-order valence-electron chi connectivity index (χ0n) is 8.73. The quantitative estimate of drug-likeness (QED) is 0.565. The highest BCUT2D eigenvalue weighted by Gasteiger charge is 2.07. The highest BCUT2D eigenvalue weighted by molar-refractivity contribution is 5.75. The Morgan fingerprint density at radius 2 is 2.25 bits per heavy atom. The molecule has 0 fully saturated rings. The Labute approximate surface area is 92.0 Å². The van der Waals surface area contributed by atoms with Crippen LogP contribution in [0.2, 0.25) is 0 Å². The van der Waals surface area contributed by atoms with Gasteiger partial charge >= 0.3 is 5.97 Å². The molecule has 0 aliphatic heterocycles. The topological polar surface area (TPSA) is 52.6 Å². The molecule has 0 aromatic heterocycles. The van der Waals surface area contributed by atoms with Crippen LogP contribution in [0.15, 0.2) is 18.2 Å². The van der Waals surface area contributed by atoms with Gasteiger partial charge in [-0.2, -0.15) is 0 Å². The van der Waals surface area contributed by atoms with Gasteiger partial charge < -0.3 is 9.47 Å². The van der Waals surface area contributed by atoms with Gasteiger partial charge in [0.05, 0.1) is 6.61 Å². The first-order chi connectivity index (χ1) is 7.67. The molecular formula is C11H11FO4. The van der Waals surface area contributed by atoms with E-state index in [0.717, 1.165) is 6.07 Å². The smallest absolute Gasteiger partial charge is 0.344 e. The first-order valence-electron chi connectivity index (χ1n) is 4.70. The minimum atomic E-state index is -0.686. The van der Waals surface area contributed by atoms with Crippen LogP contribution in [0.25, 0.3) is 0 Å². The Morgan fingerprint density at radius 1 is 1.50 bits per heavy atom. The molecule has 5 heteroatoms. The van der Waals surface area contributed by atoms with Crippen LogP contribution in [0.5, 0.6) is 5.75 Å². The van der Waals surface area contributed by atoms with Gasteiger partial charge in [0.15, 0.2) is 18.2 Å². The average Bonchev–Trinajstić information content (AvgIpc) is 2.27. The number of halogens is 1.